The summed E-state index contributed by atoms with van der Waals surface area (Å²) in [5.41, 5.74) is 0. The molecule has 0 spiro atoms. The van der Waals surface area contributed by atoms with Crippen LogP contribution in [0, 0.1) is 5.92 Å². The van der Waals surface area contributed by atoms with E-state index in [0.29, 0.717) is 6.54 Å². The molecular formula is C13H24N2O2S. The van der Waals surface area contributed by atoms with E-state index in [-0.39, 0.29) is 29.8 Å². The van der Waals surface area contributed by atoms with Gasteiger partial charge in [0.1, 0.15) is 12.1 Å². The predicted molar refractivity (Wildman–Crippen MR) is 75.6 cm³/mol. The van der Waals surface area contributed by atoms with Crippen molar-refractivity contribution in [2.24, 2.45) is 5.92 Å². The van der Waals surface area contributed by atoms with Gasteiger partial charge < -0.3 is 10.2 Å². The number of carbonyl (C=O) groups is 2. The largest absolute Gasteiger partial charge is 0.343 e. The van der Waals surface area contributed by atoms with Crippen LogP contribution in [0.5, 0.6) is 0 Å². The second-order valence-electron chi connectivity index (χ2n) is 5.00. The first-order chi connectivity index (χ1) is 8.49. The number of amides is 2. The normalized spacial score (nSPS) is 24.6. The van der Waals surface area contributed by atoms with E-state index in [0.717, 1.165) is 17.9 Å². The molecule has 0 saturated carbocycles. The maximum atomic E-state index is 12.2. The number of nitrogens with zero attached hydrogens (tertiary/aromatic N) is 1. The maximum absolute atomic E-state index is 12.2. The molecule has 0 radical (unpaired) electrons. The third-order valence-corrected chi connectivity index (χ3v) is 4.13. The zero-order chi connectivity index (χ0) is 13.7. The van der Waals surface area contributed by atoms with Gasteiger partial charge in [-0.3, -0.25) is 9.59 Å². The van der Waals surface area contributed by atoms with E-state index in [1.165, 1.54) is 0 Å². The van der Waals surface area contributed by atoms with Crippen molar-refractivity contribution in [3.63, 3.8) is 0 Å². The van der Waals surface area contributed by atoms with Crippen molar-refractivity contribution in [3.8, 4) is 0 Å². The molecule has 5 heteroatoms. The Morgan fingerprint density at radius 1 is 1.39 bits per heavy atom. The highest BCUT2D eigenvalue weighted by molar-refractivity contribution is 7.99. The Balaban J connectivity index is 2.66. The highest BCUT2D eigenvalue weighted by Crippen LogP contribution is 2.18. The molecule has 2 atom stereocenters. The number of thioether (sulfide) groups is 1. The van der Waals surface area contributed by atoms with Crippen LogP contribution in [0.25, 0.3) is 0 Å². The van der Waals surface area contributed by atoms with Gasteiger partial charge in [0, 0.05) is 6.54 Å². The lowest BCUT2D eigenvalue weighted by Crippen LogP contribution is -2.64. The quantitative estimate of drug-likeness (QED) is 0.746. The van der Waals surface area contributed by atoms with Crippen molar-refractivity contribution in [3.05, 3.63) is 0 Å². The van der Waals surface area contributed by atoms with Crippen LogP contribution in [0.2, 0.25) is 0 Å². The van der Waals surface area contributed by atoms with Gasteiger partial charge >= 0.3 is 0 Å². The molecule has 1 aliphatic rings. The van der Waals surface area contributed by atoms with E-state index in [1.807, 2.05) is 25.6 Å². The zero-order valence-corrected chi connectivity index (χ0v) is 12.5. The Hall–Kier alpha value is -0.710. The van der Waals surface area contributed by atoms with Gasteiger partial charge in [-0.25, -0.2) is 0 Å². The van der Waals surface area contributed by atoms with Crippen LogP contribution < -0.4 is 5.32 Å². The van der Waals surface area contributed by atoms with E-state index in [4.69, 9.17) is 0 Å². The van der Waals surface area contributed by atoms with E-state index in [9.17, 15) is 9.59 Å². The Labute approximate surface area is 114 Å². The van der Waals surface area contributed by atoms with Gasteiger partial charge in [-0.05, 0) is 30.8 Å². The first-order valence-corrected chi connectivity index (χ1v) is 7.83. The number of piperazine rings is 1. The van der Waals surface area contributed by atoms with Crippen LogP contribution in [0.1, 0.15) is 34.1 Å². The van der Waals surface area contributed by atoms with Crippen LogP contribution in [0.4, 0.5) is 0 Å². The molecule has 1 aliphatic heterocycles. The highest BCUT2D eigenvalue weighted by Gasteiger charge is 2.39. The lowest BCUT2D eigenvalue weighted by Gasteiger charge is -2.40. The third kappa shape index (κ3) is 3.64. The summed E-state index contributed by atoms with van der Waals surface area (Å²) in [7, 11) is 0. The first-order valence-electron chi connectivity index (χ1n) is 6.67. The van der Waals surface area contributed by atoms with E-state index in [1.54, 1.807) is 11.8 Å². The van der Waals surface area contributed by atoms with Crippen molar-refractivity contribution in [1.82, 2.24) is 10.2 Å². The minimum Gasteiger partial charge on any atom is -0.343 e. The first kappa shape index (κ1) is 15.3. The summed E-state index contributed by atoms with van der Waals surface area (Å²) in [6.45, 7) is 8.54. The van der Waals surface area contributed by atoms with E-state index in [2.05, 4.69) is 12.2 Å². The third-order valence-electron chi connectivity index (χ3n) is 3.14. The van der Waals surface area contributed by atoms with Gasteiger partial charge in [0.2, 0.25) is 11.8 Å². The summed E-state index contributed by atoms with van der Waals surface area (Å²) < 4.78 is 0. The molecule has 0 aromatic heterocycles. The summed E-state index contributed by atoms with van der Waals surface area (Å²) in [5.74, 6) is 2.33. The fourth-order valence-electron chi connectivity index (χ4n) is 2.28. The van der Waals surface area contributed by atoms with Gasteiger partial charge in [-0.15, -0.1) is 0 Å². The molecule has 0 aromatic rings. The number of carbonyl (C=O) groups excluding carboxylic acids is 2. The van der Waals surface area contributed by atoms with Crippen LogP contribution in [0.15, 0.2) is 0 Å². The smallest absolute Gasteiger partial charge is 0.245 e. The number of nitrogens with one attached hydrogen (secondary N) is 1. The topological polar surface area (TPSA) is 49.4 Å². The molecule has 2 amide bonds. The Kier molecular flexibility index (Phi) is 5.99. The van der Waals surface area contributed by atoms with Crippen LogP contribution in [-0.2, 0) is 9.59 Å². The van der Waals surface area contributed by atoms with E-state index < -0.39 is 0 Å². The fourth-order valence-corrected chi connectivity index (χ4v) is 2.90. The van der Waals surface area contributed by atoms with Crippen molar-refractivity contribution in [2.45, 2.75) is 46.2 Å². The Bertz CT molecular complexity index is 307. The molecule has 1 fully saturated rings. The second kappa shape index (κ2) is 7.02. The van der Waals surface area contributed by atoms with Crippen molar-refractivity contribution in [2.75, 3.05) is 18.1 Å². The van der Waals surface area contributed by atoms with Crippen molar-refractivity contribution < 1.29 is 9.59 Å². The second-order valence-corrected chi connectivity index (χ2v) is 6.40. The van der Waals surface area contributed by atoms with Gasteiger partial charge in [0.25, 0.3) is 0 Å². The SMILES string of the molecule is CCSCCCN1C(=O)C(C)NC(=O)C1C(C)C. The predicted octanol–water partition coefficient (Wildman–Crippen LogP) is 1.50. The molecular weight excluding hydrogens is 248 g/mol. The van der Waals surface area contributed by atoms with Crippen LogP contribution in [-0.4, -0.2) is 46.8 Å². The molecule has 1 rings (SSSR count). The molecule has 4 nitrogen and oxygen atoms in total. The van der Waals surface area contributed by atoms with Gasteiger partial charge in [0.15, 0.2) is 0 Å². The Morgan fingerprint density at radius 3 is 2.61 bits per heavy atom. The van der Waals surface area contributed by atoms with Gasteiger partial charge in [-0.1, -0.05) is 20.8 Å². The molecule has 1 heterocycles. The monoisotopic (exact) mass is 272 g/mol. The van der Waals surface area contributed by atoms with Crippen LogP contribution >= 0.6 is 11.8 Å². The summed E-state index contributed by atoms with van der Waals surface area (Å²) in [5, 5.41) is 2.76. The lowest BCUT2D eigenvalue weighted by molar-refractivity contribution is -0.150. The molecule has 18 heavy (non-hydrogen) atoms. The van der Waals surface area contributed by atoms with E-state index >= 15 is 0 Å². The molecule has 2 unspecified atom stereocenters. The van der Waals surface area contributed by atoms with Crippen molar-refractivity contribution >= 4 is 23.6 Å². The summed E-state index contributed by atoms with van der Waals surface area (Å²) in [4.78, 5) is 25.9. The number of rotatable bonds is 6. The van der Waals surface area contributed by atoms with Gasteiger partial charge in [0.05, 0.1) is 0 Å². The van der Waals surface area contributed by atoms with Crippen molar-refractivity contribution in [1.29, 1.82) is 0 Å². The number of hydrogen-bond donors (Lipinski definition) is 1. The minimum atomic E-state index is -0.383. The summed E-state index contributed by atoms with van der Waals surface area (Å²) >= 11 is 1.87. The fraction of sp³-hybridized carbons (Fsp3) is 0.846. The standard InChI is InChI=1S/C13H24N2O2S/c1-5-18-8-6-7-15-11(9(2)3)12(16)14-10(4)13(15)17/h9-11H,5-8H2,1-4H3,(H,14,16). The zero-order valence-electron chi connectivity index (χ0n) is 11.7. The number of hydrogen-bond acceptors (Lipinski definition) is 3. The average Bonchev–Trinajstić information content (AvgIpc) is 2.29. The molecule has 104 valence electrons. The molecule has 1 N–H and O–H groups in total. The summed E-state index contributed by atoms with van der Waals surface area (Å²) in [6.07, 6.45) is 0.952. The minimum absolute atomic E-state index is 0.0137. The maximum Gasteiger partial charge on any atom is 0.245 e. The summed E-state index contributed by atoms with van der Waals surface area (Å²) in [6, 6.07) is -0.688. The van der Waals surface area contributed by atoms with Gasteiger partial charge in [-0.2, -0.15) is 11.8 Å². The molecule has 1 saturated heterocycles. The highest BCUT2D eigenvalue weighted by atomic mass is 32.2. The van der Waals surface area contributed by atoms with Crippen LogP contribution in [0.3, 0.4) is 0 Å². The molecule has 0 aliphatic carbocycles. The lowest BCUT2D eigenvalue weighted by atomic mass is 9.97. The average molecular weight is 272 g/mol. The molecule has 0 bridgehead atoms. The Morgan fingerprint density at radius 2 is 2.06 bits per heavy atom. The molecule has 0 aromatic carbocycles.